The van der Waals surface area contributed by atoms with E-state index in [1.807, 2.05) is 26.8 Å². The Kier molecular flexibility index (Phi) is 8.56. The lowest BCUT2D eigenvalue weighted by Gasteiger charge is -2.19. The molecule has 31 heavy (non-hydrogen) atoms. The van der Waals surface area contributed by atoms with Crippen molar-refractivity contribution in [2.24, 2.45) is 0 Å². The Labute approximate surface area is 180 Å². The minimum Gasteiger partial charge on any atom is -0.490 e. The van der Waals surface area contributed by atoms with Crippen LogP contribution in [0.4, 0.5) is 10.6 Å². The van der Waals surface area contributed by atoms with Crippen molar-refractivity contribution >= 4 is 17.9 Å². The Bertz CT molecular complexity index is 850. The van der Waals surface area contributed by atoms with Gasteiger partial charge in [0.1, 0.15) is 23.8 Å². The van der Waals surface area contributed by atoms with Gasteiger partial charge in [0, 0.05) is 18.7 Å². The Morgan fingerprint density at radius 2 is 1.77 bits per heavy atom. The van der Waals surface area contributed by atoms with Gasteiger partial charge in [-0.25, -0.2) is 9.59 Å². The maximum Gasteiger partial charge on any atom is 0.407 e. The highest BCUT2D eigenvalue weighted by Gasteiger charge is 2.15. The van der Waals surface area contributed by atoms with Crippen molar-refractivity contribution in [3.63, 3.8) is 0 Å². The van der Waals surface area contributed by atoms with Crippen LogP contribution in [0.3, 0.4) is 0 Å². The number of carbonyl (C=O) groups is 2. The summed E-state index contributed by atoms with van der Waals surface area (Å²) in [5.41, 5.74) is 0.955. The maximum absolute atomic E-state index is 11.6. The number of carbonyl (C=O) groups excluding carboxylic acids is 1. The van der Waals surface area contributed by atoms with Crippen molar-refractivity contribution in [2.75, 3.05) is 25.0 Å². The van der Waals surface area contributed by atoms with Gasteiger partial charge in [-0.1, -0.05) is 0 Å². The topological polar surface area (TPSA) is 143 Å². The average Bonchev–Trinajstić information content (AvgIpc) is 2.71. The molecule has 4 N–H and O–H groups in total. The first-order chi connectivity index (χ1) is 14.6. The van der Waals surface area contributed by atoms with Crippen LogP contribution in [0.2, 0.25) is 0 Å². The van der Waals surface area contributed by atoms with Gasteiger partial charge in [0.05, 0.1) is 5.69 Å². The molecule has 0 radical (unpaired) electrons. The third-order valence-corrected chi connectivity index (χ3v) is 3.84. The molecule has 0 aliphatic carbocycles. The van der Waals surface area contributed by atoms with Crippen LogP contribution in [0.5, 0.6) is 5.75 Å². The fraction of sp³-hybridized carbons (Fsp3) is 0.429. The number of aliphatic hydroxyl groups excluding tert-OH is 1. The summed E-state index contributed by atoms with van der Waals surface area (Å²) in [6.07, 6.45) is -1.31. The van der Waals surface area contributed by atoms with Crippen molar-refractivity contribution in [3.8, 4) is 17.0 Å². The van der Waals surface area contributed by atoms with Gasteiger partial charge in [-0.3, -0.25) is 0 Å². The standard InChI is InChI=1S/C21H28N4O6/c1-21(2,3)31-20(29)23-12-4-11-22-18-10-9-16(24-25-18)14-5-7-15(8-6-14)30-13-17(26)19(27)28/h5-10,17,26H,4,11-13H2,1-3H3,(H,22,25)(H,23,29)(H,27,28)/t17-/m1/s1. The van der Waals surface area contributed by atoms with Gasteiger partial charge in [0.2, 0.25) is 0 Å². The number of aliphatic carboxylic acids is 1. The summed E-state index contributed by atoms with van der Waals surface area (Å²) in [7, 11) is 0. The van der Waals surface area contributed by atoms with E-state index in [9.17, 15) is 14.7 Å². The number of anilines is 1. The molecule has 0 fully saturated rings. The predicted molar refractivity (Wildman–Crippen MR) is 114 cm³/mol. The van der Waals surface area contributed by atoms with Crippen molar-refractivity contribution in [1.82, 2.24) is 15.5 Å². The molecular formula is C21H28N4O6. The van der Waals surface area contributed by atoms with Gasteiger partial charge in [0.15, 0.2) is 6.10 Å². The van der Waals surface area contributed by atoms with Gasteiger partial charge in [-0.2, -0.15) is 0 Å². The fourth-order valence-electron chi connectivity index (χ4n) is 2.36. The van der Waals surface area contributed by atoms with Crippen LogP contribution in [-0.4, -0.2) is 63.9 Å². The molecule has 0 aliphatic heterocycles. The maximum atomic E-state index is 11.6. The lowest BCUT2D eigenvalue weighted by Crippen LogP contribution is -2.33. The van der Waals surface area contributed by atoms with Crippen LogP contribution in [0.15, 0.2) is 36.4 Å². The summed E-state index contributed by atoms with van der Waals surface area (Å²) in [4.78, 5) is 22.1. The Balaban J connectivity index is 1.75. The monoisotopic (exact) mass is 432 g/mol. The third-order valence-electron chi connectivity index (χ3n) is 3.84. The summed E-state index contributed by atoms with van der Waals surface area (Å²) in [6.45, 7) is 6.19. The lowest BCUT2D eigenvalue weighted by molar-refractivity contribution is -0.148. The first-order valence-electron chi connectivity index (χ1n) is 9.82. The Morgan fingerprint density at radius 1 is 1.06 bits per heavy atom. The van der Waals surface area contributed by atoms with E-state index in [4.69, 9.17) is 14.6 Å². The zero-order chi connectivity index (χ0) is 22.9. The molecule has 10 heteroatoms. The third kappa shape index (κ3) is 8.87. The molecule has 0 unspecified atom stereocenters. The number of aliphatic hydroxyl groups is 1. The number of aromatic nitrogens is 2. The summed E-state index contributed by atoms with van der Waals surface area (Å²) in [5.74, 6) is -0.279. The summed E-state index contributed by atoms with van der Waals surface area (Å²) in [6, 6.07) is 10.5. The molecule has 1 heterocycles. The minimum absolute atomic E-state index is 0.331. The second kappa shape index (κ2) is 11.1. The van der Waals surface area contributed by atoms with Gasteiger partial charge in [-0.05, 0) is 63.6 Å². The van der Waals surface area contributed by atoms with Crippen LogP contribution in [0.1, 0.15) is 27.2 Å². The molecule has 1 aromatic heterocycles. The van der Waals surface area contributed by atoms with E-state index in [-0.39, 0.29) is 6.61 Å². The number of nitrogens with one attached hydrogen (secondary N) is 2. The molecule has 1 atom stereocenters. The molecule has 0 saturated heterocycles. The van der Waals surface area contributed by atoms with Gasteiger partial charge in [0.25, 0.3) is 0 Å². The van der Waals surface area contributed by atoms with E-state index in [0.717, 1.165) is 5.56 Å². The normalized spacial score (nSPS) is 12.0. The number of rotatable bonds is 10. The summed E-state index contributed by atoms with van der Waals surface area (Å²) >= 11 is 0. The number of ether oxygens (including phenoxy) is 2. The number of alkyl carbamates (subject to hydrolysis) is 1. The van der Waals surface area contributed by atoms with Gasteiger partial charge in [-0.15, -0.1) is 10.2 Å². The van der Waals surface area contributed by atoms with E-state index in [1.165, 1.54) is 0 Å². The van der Waals surface area contributed by atoms with Crippen LogP contribution >= 0.6 is 0 Å². The highest BCUT2D eigenvalue weighted by Crippen LogP contribution is 2.21. The Morgan fingerprint density at radius 3 is 2.35 bits per heavy atom. The SMILES string of the molecule is CC(C)(C)OC(=O)NCCCNc1ccc(-c2ccc(OC[C@@H](O)C(=O)O)cc2)nn1. The summed E-state index contributed by atoms with van der Waals surface area (Å²) < 4.78 is 10.4. The number of nitrogens with zero attached hydrogens (tertiary/aromatic N) is 2. The van der Waals surface area contributed by atoms with Crippen LogP contribution in [0.25, 0.3) is 11.3 Å². The number of amides is 1. The summed E-state index contributed by atoms with van der Waals surface area (Å²) in [5, 5.41) is 32.0. The van der Waals surface area contributed by atoms with Crippen molar-refractivity contribution < 1.29 is 29.3 Å². The van der Waals surface area contributed by atoms with Crippen molar-refractivity contribution in [1.29, 1.82) is 0 Å². The minimum atomic E-state index is -1.57. The highest BCUT2D eigenvalue weighted by atomic mass is 16.6. The molecule has 168 valence electrons. The zero-order valence-corrected chi connectivity index (χ0v) is 17.8. The molecule has 0 spiro atoms. The molecule has 2 aromatic rings. The lowest BCUT2D eigenvalue weighted by atomic mass is 10.1. The molecule has 10 nitrogen and oxygen atoms in total. The number of carboxylic acid groups (broad SMARTS) is 1. The number of hydrogen-bond donors (Lipinski definition) is 4. The predicted octanol–water partition coefficient (Wildman–Crippen LogP) is 2.29. The first-order valence-corrected chi connectivity index (χ1v) is 9.82. The second-order valence-electron chi connectivity index (χ2n) is 7.70. The first kappa shape index (κ1) is 23.9. The average molecular weight is 432 g/mol. The number of benzene rings is 1. The Hall–Kier alpha value is -3.40. The molecule has 0 bridgehead atoms. The van der Waals surface area contributed by atoms with Crippen molar-refractivity contribution in [2.45, 2.75) is 38.9 Å². The van der Waals surface area contributed by atoms with E-state index in [1.54, 1.807) is 30.3 Å². The number of carboxylic acids is 1. The molecule has 0 saturated carbocycles. The van der Waals surface area contributed by atoms with Crippen LogP contribution in [0, 0.1) is 0 Å². The zero-order valence-electron chi connectivity index (χ0n) is 17.8. The van der Waals surface area contributed by atoms with E-state index in [0.29, 0.717) is 36.8 Å². The molecule has 1 amide bonds. The van der Waals surface area contributed by atoms with Gasteiger partial charge >= 0.3 is 12.1 Å². The fourth-order valence-corrected chi connectivity index (χ4v) is 2.36. The smallest absolute Gasteiger partial charge is 0.407 e. The number of hydrogen-bond acceptors (Lipinski definition) is 8. The van der Waals surface area contributed by atoms with Crippen molar-refractivity contribution in [3.05, 3.63) is 36.4 Å². The molecule has 0 aliphatic rings. The molecule has 2 rings (SSSR count). The highest BCUT2D eigenvalue weighted by molar-refractivity contribution is 5.72. The van der Waals surface area contributed by atoms with E-state index >= 15 is 0 Å². The van der Waals surface area contributed by atoms with Gasteiger partial charge < -0.3 is 30.3 Å². The van der Waals surface area contributed by atoms with E-state index < -0.39 is 23.8 Å². The van der Waals surface area contributed by atoms with Crippen LogP contribution in [-0.2, 0) is 9.53 Å². The molecule has 1 aromatic carbocycles. The largest absolute Gasteiger partial charge is 0.490 e. The van der Waals surface area contributed by atoms with Crippen LogP contribution < -0.4 is 15.4 Å². The second-order valence-corrected chi connectivity index (χ2v) is 7.70. The molecular weight excluding hydrogens is 404 g/mol. The van der Waals surface area contributed by atoms with E-state index in [2.05, 4.69) is 20.8 Å². The quantitative estimate of drug-likeness (QED) is 0.416.